The summed E-state index contributed by atoms with van der Waals surface area (Å²) in [5, 5.41) is 18.6. The van der Waals surface area contributed by atoms with Gasteiger partial charge in [0.1, 0.15) is 5.75 Å². The van der Waals surface area contributed by atoms with Crippen LogP contribution in [0.15, 0.2) is 60.8 Å². The van der Waals surface area contributed by atoms with Crippen molar-refractivity contribution in [3.63, 3.8) is 0 Å². The molecule has 0 aliphatic heterocycles. The summed E-state index contributed by atoms with van der Waals surface area (Å²) in [4.78, 5) is 4.27. The zero-order chi connectivity index (χ0) is 20.8. The number of pyridine rings is 1. The van der Waals surface area contributed by atoms with E-state index in [1.807, 2.05) is 0 Å². The summed E-state index contributed by atoms with van der Waals surface area (Å²) >= 11 is 0. The molecular formula is C24H23F2NO2. The number of phenolic OH excluding ortho intramolecular Hbond substituents is 1. The molecule has 0 radical (unpaired) electrons. The standard InChI is InChI=1S/C24H23F2NO2/c1-16(28)5-3-2-4-6-18-9-13-21(24(26)23(18)25)22-14-10-19(15-27-22)17-7-11-20(29)12-8-17/h4,6-16,28-29H,2-3,5H2,1H3. The third kappa shape index (κ3) is 5.27. The SMILES string of the molecule is CC(O)CCCC=Cc1ccc(-c2ccc(-c3ccc(O)cc3)cn2)c(F)c1F. The van der Waals surface area contributed by atoms with E-state index >= 15 is 0 Å². The molecule has 1 unspecified atom stereocenters. The monoisotopic (exact) mass is 395 g/mol. The van der Waals surface area contributed by atoms with Gasteiger partial charge in [-0.15, -0.1) is 0 Å². The second-order valence-electron chi connectivity index (χ2n) is 6.99. The Bertz CT molecular complexity index is 981. The van der Waals surface area contributed by atoms with Crippen LogP contribution in [0, 0.1) is 11.6 Å². The van der Waals surface area contributed by atoms with E-state index < -0.39 is 11.6 Å². The smallest absolute Gasteiger partial charge is 0.168 e. The van der Waals surface area contributed by atoms with Crippen molar-refractivity contribution >= 4 is 6.08 Å². The molecule has 1 heterocycles. The van der Waals surface area contributed by atoms with E-state index in [1.165, 1.54) is 12.1 Å². The number of aliphatic hydroxyl groups is 1. The Labute approximate surface area is 169 Å². The van der Waals surface area contributed by atoms with Crippen molar-refractivity contribution in [2.24, 2.45) is 0 Å². The third-order valence-corrected chi connectivity index (χ3v) is 4.64. The zero-order valence-corrected chi connectivity index (χ0v) is 16.1. The van der Waals surface area contributed by atoms with Crippen molar-refractivity contribution in [3.8, 4) is 28.1 Å². The van der Waals surface area contributed by atoms with Crippen LogP contribution in [0.4, 0.5) is 8.78 Å². The first kappa shape index (κ1) is 20.7. The highest BCUT2D eigenvalue weighted by molar-refractivity contribution is 5.68. The number of aromatic hydroxyl groups is 1. The highest BCUT2D eigenvalue weighted by Crippen LogP contribution is 2.28. The maximum absolute atomic E-state index is 14.6. The van der Waals surface area contributed by atoms with Crippen molar-refractivity contribution in [1.29, 1.82) is 0 Å². The van der Waals surface area contributed by atoms with E-state index in [1.54, 1.807) is 61.7 Å². The van der Waals surface area contributed by atoms with Crippen LogP contribution in [0.2, 0.25) is 0 Å². The number of aliphatic hydroxyl groups excluding tert-OH is 1. The first-order chi connectivity index (χ1) is 14.0. The lowest BCUT2D eigenvalue weighted by Gasteiger charge is -2.08. The number of nitrogens with zero attached hydrogens (tertiary/aromatic N) is 1. The van der Waals surface area contributed by atoms with E-state index in [4.69, 9.17) is 0 Å². The quantitative estimate of drug-likeness (QED) is 0.485. The van der Waals surface area contributed by atoms with Gasteiger partial charge in [0.05, 0.1) is 11.8 Å². The van der Waals surface area contributed by atoms with Crippen molar-refractivity contribution < 1.29 is 19.0 Å². The molecule has 3 aromatic rings. The molecule has 29 heavy (non-hydrogen) atoms. The highest BCUT2D eigenvalue weighted by Gasteiger charge is 2.14. The van der Waals surface area contributed by atoms with Gasteiger partial charge >= 0.3 is 0 Å². The highest BCUT2D eigenvalue weighted by atomic mass is 19.2. The molecule has 0 saturated carbocycles. The van der Waals surface area contributed by atoms with Gasteiger partial charge < -0.3 is 10.2 Å². The van der Waals surface area contributed by atoms with Crippen LogP contribution in [0.3, 0.4) is 0 Å². The Morgan fingerprint density at radius 3 is 2.34 bits per heavy atom. The topological polar surface area (TPSA) is 53.4 Å². The van der Waals surface area contributed by atoms with Crippen LogP contribution in [0.5, 0.6) is 5.75 Å². The van der Waals surface area contributed by atoms with Crippen molar-refractivity contribution in [3.05, 3.63) is 78.0 Å². The van der Waals surface area contributed by atoms with E-state index in [9.17, 15) is 19.0 Å². The molecule has 2 N–H and O–H groups in total. The first-order valence-corrected chi connectivity index (χ1v) is 9.54. The fourth-order valence-corrected chi connectivity index (χ4v) is 3.01. The van der Waals surface area contributed by atoms with Gasteiger partial charge in [-0.25, -0.2) is 8.78 Å². The summed E-state index contributed by atoms with van der Waals surface area (Å²) < 4.78 is 29.0. The number of benzene rings is 2. The van der Waals surface area contributed by atoms with Crippen LogP contribution < -0.4 is 0 Å². The average molecular weight is 395 g/mol. The molecule has 1 aromatic heterocycles. The minimum Gasteiger partial charge on any atom is -0.508 e. The summed E-state index contributed by atoms with van der Waals surface area (Å²) in [7, 11) is 0. The maximum atomic E-state index is 14.6. The number of phenols is 1. The molecule has 150 valence electrons. The van der Waals surface area contributed by atoms with Gasteiger partial charge in [0.2, 0.25) is 0 Å². The molecule has 0 aliphatic carbocycles. The van der Waals surface area contributed by atoms with Gasteiger partial charge in [0.15, 0.2) is 11.6 Å². The third-order valence-electron chi connectivity index (χ3n) is 4.64. The molecule has 3 nitrogen and oxygen atoms in total. The second-order valence-corrected chi connectivity index (χ2v) is 6.99. The molecule has 0 bridgehead atoms. The lowest BCUT2D eigenvalue weighted by atomic mass is 10.0. The Morgan fingerprint density at radius 1 is 0.966 bits per heavy atom. The molecule has 1 atom stereocenters. The minimum absolute atomic E-state index is 0.103. The number of unbranched alkanes of at least 4 members (excludes halogenated alkanes) is 1. The van der Waals surface area contributed by atoms with Crippen LogP contribution in [-0.4, -0.2) is 21.3 Å². The van der Waals surface area contributed by atoms with Crippen LogP contribution in [0.25, 0.3) is 28.5 Å². The lowest BCUT2D eigenvalue weighted by Crippen LogP contribution is -1.97. The summed E-state index contributed by atoms with van der Waals surface area (Å²) in [6.45, 7) is 1.72. The van der Waals surface area contributed by atoms with Gasteiger partial charge in [0, 0.05) is 22.9 Å². The molecule has 3 rings (SSSR count). The Kier molecular flexibility index (Phi) is 6.73. The van der Waals surface area contributed by atoms with E-state index in [0.717, 1.165) is 17.5 Å². The number of aromatic nitrogens is 1. The van der Waals surface area contributed by atoms with E-state index in [0.29, 0.717) is 18.5 Å². The molecule has 0 spiro atoms. The fourth-order valence-electron chi connectivity index (χ4n) is 3.01. The molecule has 5 heteroatoms. The molecule has 0 saturated heterocycles. The van der Waals surface area contributed by atoms with E-state index in [2.05, 4.69) is 4.98 Å². The van der Waals surface area contributed by atoms with Crippen molar-refractivity contribution in [1.82, 2.24) is 4.98 Å². The molecule has 0 fully saturated rings. The normalized spacial score (nSPS) is 12.4. The first-order valence-electron chi connectivity index (χ1n) is 9.54. The molecular weight excluding hydrogens is 372 g/mol. The van der Waals surface area contributed by atoms with Gasteiger partial charge in [-0.1, -0.05) is 36.4 Å². The zero-order valence-electron chi connectivity index (χ0n) is 16.1. The van der Waals surface area contributed by atoms with Crippen LogP contribution >= 0.6 is 0 Å². The number of allylic oxidation sites excluding steroid dienone is 1. The largest absolute Gasteiger partial charge is 0.508 e. The van der Waals surface area contributed by atoms with Gasteiger partial charge in [-0.3, -0.25) is 4.98 Å². The fraction of sp³-hybridized carbons (Fsp3) is 0.208. The Balaban J connectivity index is 1.76. The Hall–Kier alpha value is -3.05. The summed E-state index contributed by atoms with van der Waals surface area (Å²) in [5.74, 6) is -1.66. The lowest BCUT2D eigenvalue weighted by molar-refractivity contribution is 0.182. The minimum atomic E-state index is -0.930. The second kappa shape index (κ2) is 9.43. The van der Waals surface area contributed by atoms with Gasteiger partial charge in [-0.2, -0.15) is 0 Å². The number of hydrogen-bond donors (Lipinski definition) is 2. The van der Waals surface area contributed by atoms with Crippen molar-refractivity contribution in [2.45, 2.75) is 32.3 Å². The summed E-state index contributed by atoms with van der Waals surface area (Å²) in [6, 6.07) is 13.2. The van der Waals surface area contributed by atoms with Crippen LogP contribution in [-0.2, 0) is 0 Å². The number of hydrogen-bond acceptors (Lipinski definition) is 3. The van der Waals surface area contributed by atoms with Crippen LogP contribution in [0.1, 0.15) is 31.7 Å². The predicted octanol–water partition coefficient (Wildman–Crippen LogP) is 5.96. The number of halogens is 2. The molecule has 0 aliphatic rings. The summed E-state index contributed by atoms with van der Waals surface area (Å²) in [5.41, 5.74) is 2.31. The van der Waals surface area contributed by atoms with Gasteiger partial charge in [-0.05, 0) is 56.0 Å². The molecule has 2 aromatic carbocycles. The average Bonchev–Trinajstić information content (AvgIpc) is 2.71. The van der Waals surface area contributed by atoms with E-state index in [-0.39, 0.29) is 23.0 Å². The summed E-state index contributed by atoms with van der Waals surface area (Å²) in [6.07, 6.45) is 6.73. The van der Waals surface area contributed by atoms with Crippen molar-refractivity contribution in [2.75, 3.05) is 0 Å². The Morgan fingerprint density at radius 2 is 1.69 bits per heavy atom. The predicted molar refractivity (Wildman–Crippen MR) is 111 cm³/mol. The molecule has 0 amide bonds. The number of rotatable bonds is 7. The maximum Gasteiger partial charge on any atom is 0.168 e. The van der Waals surface area contributed by atoms with Gasteiger partial charge in [0.25, 0.3) is 0 Å².